The number of aryl methyl sites for hydroxylation is 1. The fourth-order valence-electron chi connectivity index (χ4n) is 3.06. The van der Waals surface area contributed by atoms with Gasteiger partial charge in [-0.05, 0) is 44.0 Å². The fourth-order valence-corrected chi connectivity index (χ4v) is 3.22. The lowest BCUT2D eigenvalue weighted by atomic mass is 10.2. The minimum absolute atomic E-state index is 0.204. The third-order valence-electron chi connectivity index (χ3n) is 4.41. The molecule has 0 unspecified atom stereocenters. The summed E-state index contributed by atoms with van der Waals surface area (Å²) in [6.07, 6.45) is 4.26. The van der Waals surface area contributed by atoms with Gasteiger partial charge in [0.1, 0.15) is 5.69 Å². The molecular formula is C19H21ClN4O3. The summed E-state index contributed by atoms with van der Waals surface area (Å²) < 4.78 is 4.72. The molecule has 3 rings (SSSR count). The lowest BCUT2D eigenvalue weighted by Gasteiger charge is -2.13. The van der Waals surface area contributed by atoms with Crippen molar-refractivity contribution in [3.05, 3.63) is 46.2 Å². The lowest BCUT2D eigenvalue weighted by Crippen LogP contribution is -2.33. The Morgan fingerprint density at radius 3 is 2.63 bits per heavy atom. The SMILES string of the molecule is COC(=O)c1ccc(Cl)c(Nc2nc(C)cc(C(=O)NC3CCCC3)n2)c1. The number of carbonyl (C=O) groups excluding carboxylic acids is 2. The number of rotatable bonds is 5. The molecule has 0 saturated heterocycles. The maximum atomic E-state index is 12.5. The Morgan fingerprint density at radius 1 is 1.19 bits per heavy atom. The van der Waals surface area contributed by atoms with E-state index in [0.717, 1.165) is 25.7 Å². The van der Waals surface area contributed by atoms with Gasteiger partial charge >= 0.3 is 5.97 Å². The van der Waals surface area contributed by atoms with Crippen molar-refractivity contribution in [1.29, 1.82) is 0 Å². The zero-order valence-corrected chi connectivity index (χ0v) is 16.0. The summed E-state index contributed by atoms with van der Waals surface area (Å²) in [4.78, 5) is 32.8. The molecule has 0 radical (unpaired) electrons. The second-order valence-electron chi connectivity index (χ2n) is 6.48. The Kier molecular flexibility index (Phi) is 5.91. The van der Waals surface area contributed by atoms with Gasteiger partial charge in [0.15, 0.2) is 0 Å². The molecule has 1 aliphatic rings. The molecule has 1 aliphatic carbocycles. The number of esters is 1. The minimum atomic E-state index is -0.475. The number of nitrogens with one attached hydrogen (secondary N) is 2. The second kappa shape index (κ2) is 8.35. The number of carbonyl (C=O) groups is 2. The molecule has 8 heteroatoms. The molecule has 1 aromatic heterocycles. The molecule has 1 fully saturated rings. The third kappa shape index (κ3) is 4.74. The molecule has 0 spiro atoms. The number of amides is 1. The highest BCUT2D eigenvalue weighted by Gasteiger charge is 2.19. The molecule has 1 heterocycles. The number of hydrogen-bond acceptors (Lipinski definition) is 6. The second-order valence-corrected chi connectivity index (χ2v) is 6.89. The summed E-state index contributed by atoms with van der Waals surface area (Å²) in [5.74, 6) is -0.461. The normalized spacial score (nSPS) is 14.0. The number of benzene rings is 1. The third-order valence-corrected chi connectivity index (χ3v) is 4.74. The van der Waals surface area contributed by atoms with E-state index in [1.807, 2.05) is 0 Å². The Bertz CT molecular complexity index is 866. The average Bonchev–Trinajstić information content (AvgIpc) is 3.15. The van der Waals surface area contributed by atoms with E-state index >= 15 is 0 Å². The number of anilines is 2. The quantitative estimate of drug-likeness (QED) is 0.759. The van der Waals surface area contributed by atoms with E-state index in [9.17, 15) is 9.59 Å². The topological polar surface area (TPSA) is 93.2 Å². The Labute approximate surface area is 162 Å². The Morgan fingerprint density at radius 2 is 1.93 bits per heavy atom. The van der Waals surface area contributed by atoms with Gasteiger partial charge in [-0.1, -0.05) is 24.4 Å². The molecule has 0 bridgehead atoms. The van der Waals surface area contributed by atoms with Crippen molar-refractivity contribution in [2.45, 2.75) is 38.6 Å². The lowest BCUT2D eigenvalue weighted by molar-refractivity contribution is 0.0600. The van der Waals surface area contributed by atoms with Crippen LogP contribution in [0.5, 0.6) is 0 Å². The van der Waals surface area contributed by atoms with E-state index in [-0.39, 0.29) is 23.6 Å². The summed E-state index contributed by atoms with van der Waals surface area (Å²) in [6, 6.07) is 6.55. The van der Waals surface area contributed by atoms with Gasteiger partial charge in [0.2, 0.25) is 5.95 Å². The van der Waals surface area contributed by atoms with Gasteiger partial charge in [-0.3, -0.25) is 4.79 Å². The zero-order chi connectivity index (χ0) is 19.4. The highest BCUT2D eigenvalue weighted by molar-refractivity contribution is 6.33. The first-order valence-electron chi connectivity index (χ1n) is 8.77. The summed E-state index contributed by atoms with van der Waals surface area (Å²) >= 11 is 6.20. The van der Waals surface area contributed by atoms with Crippen molar-refractivity contribution in [3.63, 3.8) is 0 Å². The van der Waals surface area contributed by atoms with Crippen LogP contribution >= 0.6 is 11.6 Å². The average molecular weight is 389 g/mol. The van der Waals surface area contributed by atoms with E-state index in [1.165, 1.54) is 7.11 Å². The first-order chi connectivity index (χ1) is 13.0. The van der Waals surface area contributed by atoms with Crippen LogP contribution in [0.25, 0.3) is 0 Å². The molecule has 1 aromatic carbocycles. The molecule has 0 atom stereocenters. The van der Waals surface area contributed by atoms with Crippen molar-refractivity contribution < 1.29 is 14.3 Å². The van der Waals surface area contributed by atoms with Crippen molar-refractivity contribution in [3.8, 4) is 0 Å². The van der Waals surface area contributed by atoms with Crippen LogP contribution < -0.4 is 10.6 Å². The van der Waals surface area contributed by atoms with E-state index in [4.69, 9.17) is 16.3 Å². The largest absolute Gasteiger partial charge is 0.465 e. The van der Waals surface area contributed by atoms with Gasteiger partial charge in [-0.15, -0.1) is 0 Å². The van der Waals surface area contributed by atoms with Crippen molar-refractivity contribution >= 4 is 35.1 Å². The van der Waals surface area contributed by atoms with E-state index < -0.39 is 5.97 Å². The van der Waals surface area contributed by atoms with Crippen LogP contribution in [0, 0.1) is 6.92 Å². The standard InChI is InChI=1S/C19H21ClN4O3/c1-11-9-16(17(25)22-13-5-3-4-6-13)24-19(21-11)23-15-10-12(18(26)27-2)7-8-14(15)20/h7-10,13H,3-6H2,1-2H3,(H,22,25)(H,21,23,24). The predicted octanol–water partition coefficient (Wildman–Crippen LogP) is 3.64. The van der Waals surface area contributed by atoms with Gasteiger partial charge in [-0.2, -0.15) is 0 Å². The van der Waals surface area contributed by atoms with Gasteiger partial charge in [-0.25, -0.2) is 14.8 Å². The fraction of sp³-hybridized carbons (Fsp3) is 0.368. The van der Waals surface area contributed by atoms with E-state index in [1.54, 1.807) is 31.2 Å². The summed E-state index contributed by atoms with van der Waals surface area (Å²) in [6.45, 7) is 1.78. The number of halogens is 1. The van der Waals surface area contributed by atoms with Gasteiger partial charge in [0.25, 0.3) is 5.91 Å². The number of methoxy groups -OCH3 is 1. The van der Waals surface area contributed by atoms with E-state index in [2.05, 4.69) is 20.6 Å². The molecule has 1 saturated carbocycles. The van der Waals surface area contributed by atoms with Crippen LogP contribution in [0.3, 0.4) is 0 Å². The van der Waals surface area contributed by atoms with Crippen molar-refractivity contribution in [2.24, 2.45) is 0 Å². The monoisotopic (exact) mass is 388 g/mol. The molecule has 27 heavy (non-hydrogen) atoms. The first kappa shape index (κ1) is 19.1. The maximum absolute atomic E-state index is 12.5. The Balaban J connectivity index is 1.82. The Hall–Kier alpha value is -2.67. The first-order valence-corrected chi connectivity index (χ1v) is 9.15. The van der Waals surface area contributed by atoms with Crippen molar-refractivity contribution in [1.82, 2.24) is 15.3 Å². The predicted molar refractivity (Wildman–Crippen MR) is 103 cm³/mol. The summed E-state index contributed by atoms with van der Waals surface area (Å²) in [5, 5.41) is 6.38. The highest BCUT2D eigenvalue weighted by atomic mass is 35.5. The van der Waals surface area contributed by atoms with Crippen LogP contribution in [0.1, 0.15) is 52.2 Å². The molecule has 2 N–H and O–H groups in total. The van der Waals surface area contributed by atoms with Gasteiger partial charge in [0, 0.05) is 11.7 Å². The number of hydrogen-bond donors (Lipinski definition) is 2. The van der Waals surface area contributed by atoms with Crippen LogP contribution in [-0.2, 0) is 4.74 Å². The van der Waals surface area contributed by atoms with Crippen LogP contribution in [0.4, 0.5) is 11.6 Å². The van der Waals surface area contributed by atoms with Gasteiger partial charge in [0.05, 0.1) is 23.4 Å². The smallest absolute Gasteiger partial charge is 0.337 e. The zero-order valence-electron chi connectivity index (χ0n) is 15.2. The summed E-state index contributed by atoms with van der Waals surface area (Å²) in [5.41, 5.74) is 1.73. The molecule has 0 aliphatic heterocycles. The van der Waals surface area contributed by atoms with Gasteiger partial charge < -0.3 is 15.4 Å². The van der Waals surface area contributed by atoms with Crippen molar-refractivity contribution in [2.75, 3.05) is 12.4 Å². The molecule has 1 amide bonds. The van der Waals surface area contributed by atoms with Crippen LogP contribution in [0.2, 0.25) is 5.02 Å². The van der Waals surface area contributed by atoms with Crippen LogP contribution in [0.15, 0.2) is 24.3 Å². The number of ether oxygens (including phenoxy) is 1. The molecular weight excluding hydrogens is 368 g/mol. The maximum Gasteiger partial charge on any atom is 0.337 e. The number of aromatic nitrogens is 2. The molecule has 142 valence electrons. The number of nitrogens with zero attached hydrogens (tertiary/aromatic N) is 2. The van der Waals surface area contributed by atoms with E-state index in [0.29, 0.717) is 22.0 Å². The summed E-state index contributed by atoms with van der Waals surface area (Å²) in [7, 11) is 1.31. The molecule has 7 nitrogen and oxygen atoms in total. The molecule has 2 aromatic rings. The minimum Gasteiger partial charge on any atom is -0.465 e. The van der Waals surface area contributed by atoms with Crippen LogP contribution in [-0.4, -0.2) is 35.0 Å². The highest BCUT2D eigenvalue weighted by Crippen LogP contribution is 2.26.